The Balaban J connectivity index is 2.06. The van der Waals surface area contributed by atoms with Gasteiger partial charge in [-0.05, 0) is 25.7 Å². The summed E-state index contributed by atoms with van der Waals surface area (Å²) in [6.45, 7) is 2.35. The molecule has 2 atom stereocenters. The van der Waals surface area contributed by atoms with Crippen molar-refractivity contribution in [3.05, 3.63) is 0 Å². The molecule has 1 rings (SSSR count). The molecule has 1 fully saturated rings. The lowest BCUT2D eigenvalue weighted by Crippen LogP contribution is -2.33. The summed E-state index contributed by atoms with van der Waals surface area (Å²) in [6, 6.07) is 1.91. The maximum Gasteiger partial charge on any atom is 0.0925 e. The Hall–Kier alpha value is -0.590. The third kappa shape index (κ3) is 2.87. The summed E-state index contributed by atoms with van der Waals surface area (Å²) in [5, 5.41) is 20.7. The Kier molecular flexibility index (Phi) is 2.86. The molecule has 0 aromatic heterocycles. The third-order valence-electron chi connectivity index (χ3n) is 1.99. The number of aliphatic hydroxyl groups excluding tert-OH is 1. The minimum atomic E-state index is -0.245. The monoisotopic (exact) mass is 154 g/mol. The van der Waals surface area contributed by atoms with E-state index in [1.54, 1.807) is 6.92 Å². The van der Waals surface area contributed by atoms with Gasteiger partial charge in [0.25, 0.3) is 0 Å². The summed E-state index contributed by atoms with van der Waals surface area (Å²) < 4.78 is 0. The lowest BCUT2D eigenvalue weighted by atomic mass is 10.2. The predicted molar refractivity (Wildman–Crippen MR) is 41.8 cm³/mol. The zero-order valence-electron chi connectivity index (χ0n) is 6.75. The number of hydrogen-bond acceptors (Lipinski definition) is 3. The van der Waals surface area contributed by atoms with Crippen LogP contribution in [0.2, 0.25) is 0 Å². The number of nitrogens with zero attached hydrogens (tertiary/aromatic N) is 1. The van der Waals surface area contributed by atoms with Crippen LogP contribution in [0.3, 0.4) is 0 Å². The lowest BCUT2D eigenvalue weighted by Gasteiger charge is -2.11. The Bertz CT molecular complexity index is 160. The van der Waals surface area contributed by atoms with Crippen LogP contribution in [-0.2, 0) is 0 Å². The average Bonchev–Trinajstić information content (AvgIpc) is 2.81. The molecule has 0 aromatic rings. The van der Waals surface area contributed by atoms with Crippen LogP contribution in [0.15, 0.2) is 0 Å². The van der Waals surface area contributed by atoms with E-state index >= 15 is 0 Å². The molecule has 0 aromatic carbocycles. The van der Waals surface area contributed by atoms with E-state index in [-0.39, 0.29) is 12.1 Å². The molecule has 11 heavy (non-hydrogen) atoms. The minimum Gasteiger partial charge on any atom is -0.392 e. The van der Waals surface area contributed by atoms with Crippen molar-refractivity contribution in [3.8, 4) is 6.07 Å². The van der Waals surface area contributed by atoms with E-state index in [1.807, 2.05) is 0 Å². The standard InChI is InChI=1S/C8H14N2O/c1-6(4-9)10-5-8(11)7-2-3-7/h6-8,10-11H,2-3,5H2,1H3. The zero-order chi connectivity index (χ0) is 8.27. The van der Waals surface area contributed by atoms with E-state index in [9.17, 15) is 5.11 Å². The smallest absolute Gasteiger partial charge is 0.0925 e. The number of hydrogen-bond donors (Lipinski definition) is 2. The molecule has 0 spiro atoms. The van der Waals surface area contributed by atoms with E-state index in [0.29, 0.717) is 12.5 Å². The predicted octanol–water partition coefficient (Wildman–Crippen LogP) is 0.259. The van der Waals surface area contributed by atoms with Gasteiger partial charge in [0.2, 0.25) is 0 Å². The molecule has 62 valence electrons. The van der Waals surface area contributed by atoms with Crippen LogP contribution in [0, 0.1) is 17.2 Å². The van der Waals surface area contributed by atoms with E-state index in [2.05, 4.69) is 11.4 Å². The third-order valence-corrected chi connectivity index (χ3v) is 1.99. The van der Waals surface area contributed by atoms with Gasteiger partial charge in [-0.15, -0.1) is 0 Å². The van der Waals surface area contributed by atoms with Crippen molar-refractivity contribution in [2.45, 2.75) is 31.9 Å². The molecular formula is C8H14N2O. The average molecular weight is 154 g/mol. The van der Waals surface area contributed by atoms with Gasteiger partial charge in [0.15, 0.2) is 0 Å². The van der Waals surface area contributed by atoms with E-state index < -0.39 is 0 Å². The molecule has 2 unspecified atom stereocenters. The van der Waals surface area contributed by atoms with Gasteiger partial charge in [0.1, 0.15) is 0 Å². The Morgan fingerprint density at radius 3 is 2.82 bits per heavy atom. The number of nitriles is 1. The zero-order valence-corrected chi connectivity index (χ0v) is 6.75. The first-order chi connectivity index (χ1) is 5.24. The fraction of sp³-hybridized carbons (Fsp3) is 0.875. The molecule has 1 saturated carbocycles. The van der Waals surface area contributed by atoms with Gasteiger partial charge in [-0.2, -0.15) is 5.26 Å². The molecule has 3 heteroatoms. The van der Waals surface area contributed by atoms with Crippen molar-refractivity contribution >= 4 is 0 Å². The van der Waals surface area contributed by atoms with Crippen molar-refractivity contribution in [1.82, 2.24) is 5.32 Å². The molecule has 0 amide bonds. The van der Waals surface area contributed by atoms with E-state index in [0.717, 1.165) is 12.8 Å². The summed E-state index contributed by atoms with van der Waals surface area (Å²) >= 11 is 0. The molecule has 0 radical (unpaired) electrons. The lowest BCUT2D eigenvalue weighted by molar-refractivity contribution is 0.147. The van der Waals surface area contributed by atoms with Crippen molar-refractivity contribution in [2.75, 3.05) is 6.54 Å². The molecule has 0 saturated heterocycles. The molecule has 3 nitrogen and oxygen atoms in total. The maximum atomic E-state index is 9.36. The van der Waals surface area contributed by atoms with Gasteiger partial charge in [0.05, 0.1) is 18.2 Å². The van der Waals surface area contributed by atoms with Crippen LogP contribution in [0.1, 0.15) is 19.8 Å². The highest BCUT2D eigenvalue weighted by Crippen LogP contribution is 2.32. The number of nitrogens with one attached hydrogen (secondary N) is 1. The first-order valence-electron chi connectivity index (χ1n) is 4.05. The highest BCUT2D eigenvalue weighted by atomic mass is 16.3. The molecule has 1 aliphatic rings. The van der Waals surface area contributed by atoms with Crippen molar-refractivity contribution in [2.24, 2.45) is 5.92 Å². The SMILES string of the molecule is CC(C#N)NCC(O)C1CC1. The summed E-state index contributed by atoms with van der Waals surface area (Å²) in [5.41, 5.74) is 0. The van der Waals surface area contributed by atoms with E-state index in [4.69, 9.17) is 5.26 Å². The maximum absolute atomic E-state index is 9.36. The number of rotatable bonds is 4. The fourth-order valence-corrected chi connectivity index (χ4v) is 0.991. The van der Waals surface area contributed by atoms with Gasteiger partial charge >= 0.3 is 0 Å². The Morgan fingerprint density at radius 1 is 1.73 bits per heavy atom. The van der Waals surface area contributed by atoms with Crippen molar-refractivity contribution in [3.63, 3.8) is 0 Å². The second-order valence-electron chi connectivity index (χ2n) is 3.16. The Morgan fingerprint density at radius 2 is 2.36 bits per heavy atom. The van der Waals surface area contributed by atoms with Gasteiger partial charge < -0.3 is 5.11 Å². The normalized spacial score (nSPS) is 22.3. The van der Waals surface area contributed by atoms with Crippen LogP contribution in [-0.4, -0.2) is 23.8 Å². The first kappa shape index (κ1) is 8.51. The first-order valence-corrected chi connectivity index (χ1v) is 4.05. The second kappa shape index (κ2) is 3.70. The molecular weight excluding hydrogens is 140 g/mol. The topological polar surface area (TPSA) is 56.0 Å². The van der Waals surface area contributed by atoms with Crippen LogP contribution < -0.4 is 5.32 Å². The highest BCUT2D eigenvalue weighted by Gasteiger charge is 2.29. The van der Waals surface area contributed by atoms with Gasteiger partial charge in [-0.1, -0.05) is 0 Å². The molecule has 1 aliphatic carbocycles. The summed E-state index contributed by atoms with van der Waals surface area (Å²) in [6.07, 6.45) is 2.04. The minimum absolute atomic E-state index is 0.150. The van der Waals surface area contributed by atoms with Crippen LogP contribution in [0.25, 0.3) is 0 Å². The molecule has 0 aliphatic heterocycles. The van der Waals surface area contributed by atoms with Crippen molar-refractivity contribution in [1.29, 1.82) is 5.26 Å². The van der Waals surface area contributed by atoms with Crippen LogP contribution >= 0.6 is 0 Å². The second-order valence-corrected chi connectivity index (χ2v) is 3.16. The summed E-state index contributed by atoms with van der Waals surface area (Å²) in [4.78, 5) is 0. The van der Waals surface area contributed by atoms with Gasteiger partial charge in [0, 0.05) is 6.54 Å². The molecule has 0 bridgehead atoms. The fourth-order valence-electron chi connectivity index (χ4n) is 0.991. The van der Waals surface area contributed by atoms with E-state index in [1.165, 1.54) is 0 Å². The Labute approximate surface area is 67.0 Å². The summed E-state index contributed by atoms with van der Waals surface area (Å²) in [7, 11) is 0. The summed E-state index contributed by atoms with van der Waals surface area (Å²) in [5.74, 6) is 0.494. The van der Waals surface area contributed by atoms with Crippen molar-refractivity contribution < 1.29 is 5.11 Å². The largest absolute Gasteiger partial charge is 0.392 e. The van der Waals surface area contributed by atoms with Gasteiger partial charge in [-0.3, -0.25) is 5.32 Å². The molecule has 2 N–H and O–H groups in total. The highest BCUT2D eigenvalue weighted by molar-refractivity contribution is 4.88. The molecule has 0 heterocycles. The quantitative estimate of drug-likeness (QED) is 0.610. The van der Waals surface area contributed by atoms with Crippen LogP contribution in [0.4, 0.5) is 0 Å². The van der Waals surface area contributed by atoms with Crippen LogP contribution in [0.5, 0.6) is 0 Å². The number of aliphatic hydroxyl groups is 1. The van der Waals surface area contributed by atoms with Gasteiger partial charge in [-0.25, -0.2) is 0 Å².